The molecule has 1 aromatic heterocycles. The molecule has 0 spiro atoms. The van der Waals surface area contributed by atoms with Crippen LogP contribution in [0.25, 0.3) is 10.9 Å². The Balaban J connectivity index is 1.88. The second kappa shape index (κ2) is 5.88. The van der Waals surface area contributed by atoms with Crippen molar-refractivity contribution >= 4 is 16.9 Å². The van der Waals surface area contributed by atoms with Gasteiger partial charge in [0.25, 0.3) is 0 Å². The number of carbonyl (C=O) groups is 1. The number of carboxylic acids is 1. The van der Waals surface area contributed by atoms with Crippen LogP contribution in [0.1, 0.15) is 28.4 Å². The molecule has 2 unspecified atom stereocenters. The van der Waals surface area contributed by atoms with Crippen LogP contribution in [-0.4, -0.2) is 22.1 Å². The molecule has 0 fully saturated rings. The summed E-state index contributed by atoms with van der Waals surface area (Å²) in [6.45, 7) is 0. The predicted octanol–water partition coefficient (Wildman–Crippen LogP) is 3.88. The number of fused-ring (bicyclic) bond motifs is 3. The summed E-state index contributed by atoms with van der Waals surface area (Å²) in [6, 6.07) is 10.9. The summed E-state index contributed by atoms with van der Waals surface area (Å²) >= 11 is 0. The molecule has 0 amide bonds. The molecule has 7 heteroatoms. The first-order valence-corrected chi connectivity index (χ1v) is 8.10. The summed E-state index contributed by atoms with van der Waals surface area (Å²) in [5.41, 5.74) is 1.99. The molecule has 2 heterocycles. The molecular formula is C19H15F3N2O2. The fourth-order valence-corrected chi connectivity index (χ4v) is 3.55. The molecular weight excluding hydrogens is 345 g/mol. The molecule has 26 heavy (non-hydrogen) atoms. The molecule has 1 aliphatic rings. The van der Waals surface area contributed by atoms with Gasteiger partial charge < -0.3 is 10.1 Å². The third-order valence-electron chi connectivity index (χ3n) is 4.76. The normalized spacial score (nSPS) is 20.1. The molecule has 0 bridgehead atoms. The SMILES string of the molecule is O=C(O)C1Cc2c([nH]c3ccccc23)C(c2cccc(C(F)(F)F)c2)N1. The van der Waals surface area contributed by atoms with E-state index in [2.05, 4.69) is 10.3 Å². The predicted molar refractivity (Wildman–Crippen MR) is 89.8 cm³/mol. The van der Waals surface area contributed by atoms with Gasteiger partial charge in [-0.25, -0.2) is 0 Å². The minimum Gasteiger partial charge on any atom is -0.480 e. The van der Waals surface area contributed by atoms with E-state index in [-0.39, 0.29) is 6.42 Å². The van der Waals surface area contributed by atoms with Crippen LogP contribution >= 0.6 is 0 Å². The van der Waals surface area contributed by atoms with Crippen molar-refractivity contribution in [3.63, 3.8) is 0 Å². The molecule has 4 nitrogen and oxygen atoms in total. The number of aliphatic carboxylic acids is 1. The van der Waals surface area contributed by atoms with Crippen molar-refractivity contribution in [2.75, 3.05) is 0 Å². The zero-order chi connectivity index (χ0) is 18.5. The number of hydrogen-bond donors (Lipinski definition) is 3. The number of alkyl halides is 3. The largest absolute Gasteiger partial charge is 0.480 e. The first kappa shape index (κ1) is 16.7. The Morgan fingerprint density at radius 2 is 1.88 bits per heavy atom. The van der Waals surface area contributed by atoms with Crippen LogP contribution in [0.2, 0.25) is 0 Å². The summed E-state index contributed by atoms with van der Waals surface area (Å²) in [5, 5.41) is 13.3. The summed E-state index contributed by atoms with van der Waals surface area (Å²) in [4.78, 5) is 14.8. The van der Waals surface area contributed by atoms with Crippen molar-refractivity contribution in [1.82, 2.24) is 10.3 Å². The maximum Gasteiger partial charge on any atom is 0.416 e. The molecule has 0 radical (unpaired) electrons. The molecule has 0 saturated carbocycles. The highest BCUT2D eigenvalue weighted by Gasteiger charge is 2.36. The summed E-state index contributed by atoms with van der Waals surface area (Å²) in [6.07, 6.45) is -4.19. The second-order valence-corrected chi connectivity index (χ2v) is 6.38. The summed E-state index contributed by atoms with van der Waals surface area (Å²) in [5.74, 6) is -1.03. The van der Waals surface area contributed by atoms with Crippen LogP contribution in [-0.2, 0) is 17.4 Å². The fraction of sp³-hybridized carbons (Fsp3) is 0.211. The monoisotopic (exact) mass is 360 g/mol. The van der Waals surface area contributed by atoms with E-state index in [0.29, 0.717) is 11.3 Å². The number of aromatic amines is 1. The smallest absolute Gasteiger partial charge is 0.416 e. The van der Waals surface area contributed by atoms with Gasteiger partial charge in [0, 0.05) is 23.0 Å². The van der Waals surface area contributed by atoms with E-state index < -0.39 is 29.8 Å². The first-order valence-electron chi connectivity index (χ1n) is 8.10. The van der Waals surface area contributed by atoms with E-state index in [9.17, 15) is 23.1 Å². The Kier molecular flexibility index (Phi) is 3.77. The van der Waals surface area contributed by atoms with E-state index >= 15 is 0 Å². The standard InChI is InChI=1S/C19H15F3N2O2/c20-19(21,22)11-5-3-4-10(8-11)16-17-13(9-15(24-16)18(25)26)12-6-1-2-7-14(12)23-17/h1-8,15-16,23-24H,9H2,(H,25,26). The van der Waals surface area contributed by atoms with Gasteiger partial charge in [-0.2, -0.15) is 13.2 Å². The van der Waals surface area contributed by atoms with Gasteiger partial charge in [-0.15, -0.1) is 0 Å². The van der Waals surface area contributed by atoms with Crippen LogP contribution in [0.5, 0.6) is 0 Å². The highest BCUT2D eigenvalue weighted by Crippen LogP contribution is 2.37. The van der Waals surface area contributed by atoms with Gasteiger partial charge in [0.05, 0.1) is 11.6 Å². The number of H-pyrrole nitrogens is 1. The Hall–Kier alpha value is -2.80. The lowest BCUT2D eigenvalue weighted by molar-refractivity contribution is -0.140. The van der Waals surface area contributed by atoms with Gasteiger partial charge in [-0.3, -0.25) is 10.1 Å². The van der Waals surface area contributed by atoms with Gasteiger partial charge in [0.2, 0.25) is 0 Å². The van der Waals surface area contributed by atoms with Crippen molar-refractivity contribution in [3.05, 3.63) is 70.9 Å². The number of halogens is 3. The summed E-state index contributed by atoms with van der Waals surface area (Å²) in [7, 11) is 0. The van der Waals surface area contributed by atoms with Crippen LogP contribution in [0.3, 0.4) is 0 Å². The van der Waals surface area contributed by atoms with Crippen molar-refractivity contribution in [1.29, 1.82) is 0 Å². The Labute approximate surface area is 146 Å². The molecule has 2 aromatic carbocycles. The zero-order valence-corrected chi connectivity index (χ0v) is 13.5. The van der Waals surface area contributed by atoms with E-state index in [1.807, 2.05) is 24.3 Å². The molecule has 1 aliphatic heterocycles. The second-order valence-electron chi connectivity index (χ2n) is 6.38. The molecule has 3 aromatic rings. The van der Waals surface area contributed by atoms with E-state index in [4.69, 9.17) is 0 Å². The van der Waals surface area contributed by atoms with Gasteiger partial charge in [0.1, 0.15) is 6.04 Å². The van der Waals surface area contributed by atoms with Gasteiger partial charge in [-0.1, -0.05) is 30.3 Å². The maximum absolute atomic E-state index is 13.1. The first-order chi connectivity index (χ1) is 12.3. The van der Waals surface area contributed by atoms with Crippen molar-refractivity contribution < 1.29 is 23.1 Å². The third-order valence-corrected chi connectivity index (χ3v) is 4.76. The van der Waals surface area contributed by atoms with Crippen LogP contribution in [0.4, 0.5) is 13.2 Å². The minimum absolute atomic E-state index is 0.268. The highest BCUT2D eigenvalue weighted by atomic mass is 19.4. The van der Waals surface area contributed by atoms with E-state index in [1.54, 1.807) is 6.07 Å². The van der Waals surface area contributed by atoms with Crippen LogP contribution in [0.15, 0.2) is 48.5 Å². The Morgan fingerprint density at radius 3 is 2.62 bits per heavy atom. The number of rotatable bonds is 2. The summed E-state index contributed by atoms with van der Waals surface area (Å²) < 4.78 is 39.2. The van der Waals surface area contributed by atoms with Crippen molar-refractivity contribution in [2.24, 2.45) is 0 Å². The topological polar surface area (TPSA) is 65.1 Å². The van der Waals surface area contributed by atoms with Gasteiger partial charge >= 0.3 is 12.1 Å². The average molecular weight is 360 g/mol. The van der Waals surface area contributed by atoms with Crippen molar-refractivity contribution in [2.45, 2.75) is 24.7 Å². The van der Waals surface area contributed by atoms with Gasteiger partial charge in [-0.05, 0) is 29.3 Å². The van der Waals surface area contributed by atoms with E-state index in [0.717, 1.165) is 28.6 Å². The quantitative estimate of drug-likeness (QED) is 0.650. The number of nitrogens with one attached hydrogen (secondary N) is 2. The lowest BCUT2D eigenvalue weighted by atomic mass is 9.90. The maximum atomic E-state index is 13.1. The Morgan fingerprint density at radius 1 is 1.12 bits per heavy atom. The average Bonchev–Trinajstić information content (AvgIpc) is 2.99. The number of aromatic nitrogens is 1. The molecule has 0 saturated heterocycles. The highest BCUT2D eigenvalue weighted by molar-refractivity contribution is 5.87. The number of para-hydroxylation sites is 1. The molecule has 134 valence electrons. The number of carboxylic acid groups (broad SMARTS) is 1. The lowest BCUT2D eigenvalue weighted by Crippen LogP contribution is -2.45. The fourth-order valence-electron chi connectivity index (χ4n) is 3.55. The van der Waals surface area contributed by atoms with Crippen LogP contribution in [0, 0.1) is 0 Å². The van der Waals surface area contributed by atoms with Gasteiger partial charge in [0.15, 0.2) is 0 Å². The number of benzene rings is 2. The molecule has 3 N–H and O–H groups in total. The lowest BCUT2D eigenvalue weighted by Gasteiger charge is -2.30. The Bertz CT molecular complexity index is 994. The third kappa shape index (κ3) is 2.74. The zero-order valence-electron chi connectivity index (χ0n) is 13.5. The minimum atomic E-state index is -4.46. The van der Waals surface area contributed by atoms with E-state index in [1.165, 1.54) is 6.07 Å². The van der Waals surface area contributed by atoms with Crippen molar-refractivity contribution in [3.8, 4) is 0 Å². The number of hydrogen-bond acceptors (Lipinski definition) is 2. The van der Waals surface area contributed by atoms with Crippen LogP contribution < -0.4 is 5.32 Å². The molecule has 4 rings (SSSR count). The molecule has 2 atom stereocenters. The molecule has 0 aliphatic carbocycles.